The van der Waals surface area contributed by atoms with Gasteiger partial charge in [-0.2, -0.15) is 0 Å². The third-order valence-electron chi connectivity index (χ3n) is 5.71. The van der Waals surface area contributed by atoms with Crippen molar-refractivity contribution in [1.82, 2.24) is 4.90 Å². The molecule has 2 saturated heterocycles. The second-order valence-electron chi connectivity index (χ2n) is 7.42. The van der Waals surface area contributed by atoms with Gasteiger partial charge >= 0.3 is 5.97 Å². The molecule has 4 rings (SSSR count). The fraction of sp³-hybridized carbons (Fsp3) is 0.524. The fourth-order valence-corrected chi connectivity index (χ4v) is 4.36. The van der Waals surface area contributed by atoms with Crippen LogP contribution in [0.15, 0.2) is 42.5 Å². The van der Waals surface area contributed by atoms with Gasteiger partial charge in [0.25, 0.3) is 0 Å². The molecule has 26 heavy (non-hydrogen) atoms. The van der Waals surface area contributed by atoms with Gasteiger partial charge < -0.3 is 14.4 Å². The third-order valence-corrected chi connectivity index (χ3v) is 5.71. The third kappa shape index (κ3) is 2.84. The van der Waals surface area contributed by atoms with E-state index in [1.54, 1.807) is 0 Å². The summed E-state index contributed by atoms with van der Waals surface area (Å²) >= 11 is 0. The number of benzene rings is 1. The summed E-state index contributed by atoms with van der Waals surface area (Å²) in [5.74, 6) is -1.23. The van der Waals surface area contributed by atoms with Crippen LogP contribution < -0.4 is 0 Å². The predicted molar refractivity (Wildman–Crippen MR) is 96.3 cm³/mol. The zero-order valence-corrected chi connectivity index (χ0v) is 15.1. The minimum Gasteiger partial charge on any atom is -0.465 e. The molecule has 2 fully saturated rings. The Hall–Kier alpha value is -2.14. The molecule has 0 saturated carbocycles. The van der Waals surface area contributed by atoms with Crippen molar-refractivity contribution in [3.05, 3.63) is 48.0 Å². The molecule has 1 amide bonds. The summed E-state index contributed by atoms with van der Waals surface area (Å²) in [7, 11) is 0. The molecule has 0 aromatic heterocycles. The first-order valence-electron chi connectivity index (χ1n) is 9.51. The van der Waals surface area contributed by atoms with Crippen LogP contribution in [0.25, 0.3) is 0 Å². The van der Waals surface area contributed by atoms with Crippen molar-refractivity contribution in [2.45, 2.75) is 37.9 Å². The summed E-state index contributed by atoms with van der Waals surface area (Å²) in [6.45, 7) is 3.63. The summed E-state index contributed by atoms with van der Waals surface area (Å²) in [6, 6.07) is 10.1. The summed E-state index contributed by atoms with van der Waals surface area (Å²) in [5, 5.41) is 0. The molecule has 138 valence electrons. The topological polar surface area (TPSA) is 55.8 Å². The SMILES string of the molecule is CCCCOC(=O)C1[C@@H]2C=C[C@]3(CN(CCc4ccccc4)C(=O)[C@H]13)O2. The first kappa shape index (κ1) is 17.3. The van der Waals surface area contributed by atoms with Crippen molar-refractivity contribution in [2.75, 3.05) is 19.7 Å². The lowest BCUT2D eigenvalue weighted by Crippen LogP contribution is -2.40. The van der Waals surface area contributed by atoms with E-state index in [1.807, 2.05) is 35.3 Å². The van der Waals surface area contributed by atoms with E-state index >= 15 is 0 Å². The zero-order valence-electron chi connectivity index (χ0n) is 15.1. The summed E-state index contributed by atoms with van der Waals surface area (Å²) < 4.78 is 11.5. The molecule has 1 aromatic rings. The number of nitrogens with zero attached hydrogens (tertiary/aromatic N) is 1. The highest BCUT2D eigenvalue weighted by Gasteiger charge is 2.67. The number of likely N-dealkylation sites (tertiary alicyclic amines) is 1. The van der Waals surface area contributed by atoms with Gasteiger partial charge in [-0.15, -0.1) is 0 Å². The van der Waals surface area contributed by atoms with E-state index in [-0.39, 0.29) is 18.0 Å². The van der Waals surface area contributed by atoms with Crippen LogP contribution >= 0.6 is 0 Å². The highest BCUT2D eigenvalue weighted by atomic mass is 16.6. The first-order chi connectivity index (χ1) is 12.6. The number of amides is 1. The van der Waals surface area contributed by atoms with Gasteiger partial charge in [-0.1, -0.05) is 55.8 Å². The Balaban J connectivity index is 1.45. The van der Waals surface area contributed by atoms with Gasteiger partial charge in [0.1, 0.15) is 11.5 Å². The number of hydrogen-bond donors (Lipinski definition) is 0. The normalized spacial score (nSPS) is 31.5. The van der Waals surface area contributed by atoms with Crippen LogP contribution in [0.5, 0.6) is 0 Å². The van der Waals surface area contributed by atoms with Gasteiger partial charge in [0.2, 0.25) is 5.91 Å². The molecule has 5 nitrogen and oxygen atoms in total. The molecule has 1 unspecified atom stereocenters. The monoisotopic (exact) mass is 355 g/mol. The lowest BCUT2D eigenvalue weighted by Gasteiger charge is -2.22. The molecule has 3 aliphatic heterocycles. The number of carbonyl (C=O) groups is 2. The number of unbranched alkanes of at least 4 members (excludes halogenated alkanes) is 1. The van der Waals surface area contributed by atoms with Crippen molar-refractivity contribution in [2.24, 2.45) is 11.8 Å². The molecular weight excluding hydrogens is 330 g/mol. The van der Waals surface area contributed by atoms with E-state index < -0.39 is 17.4 Å². The van der Waals surface area contributed by atoms with Crippen molar-refractivity contribution < 1.29 is 19.1 Å². The van der Waals surface area contributed by atoms with Gasteiger partial charge in [0.15, 0.2) is 0 Å². The van der Waals surface area contributed by atoms with E-state index in [0.717, 1.165) is 19.3 Å². The summed E-state index contributed by atoms with van der Waals surface area (Å²) in [5.41, 5.74) is 0.554. The summed E-state index contributed by atoms with van der Waals surface area (Å²) in [6.07, 6.45) is 6.20. The average molecular weight is 355 g/mol. The Bertz CT molecular complexity index is 716. The van der Waals surface area contributed by atoms with Gasteiger partial charge in [-0.05, 0) is 18.4 Å². The van der Waals surface area contributed by atoms with E-state index in [9.17, 15) is 9.59 Å². The molecule has 0 aliphatic carbocycles. The molecule has 0 N–H and O–H groups in total. The second kappa shape index (κ2) is 6.88. The molecule has 4 atom stereocenters. The van der Waals surface area contributed by atoms with Crippen molar-refractivity contribution >= 4 is 11.9 Å². The van der Waals surface area contributed by atoms with Crippen LogP contribution in [-0.2, 0) is 25.5 Å². The number of ether oxygens (including phenoxy) is 2. The molecule has 0 radical (unpaired) electrons. The maximum Gasteiger partial charge on any atom is 0.312 e. The van der Waals surface area contributed by atoms with Gasteiger partial charge in [-0.3, -0.25) is 9.59 Å². The number of hydrogen-bond acceptors (Lipinski definition) is 4. The van der Waals surface area contributed by atoms with E-state index in [0.29, 0.717) is 19.7 Å². The smallest absolute Gasteiger partial charge is 0.312 e. The van der Waals surface area contributed by atoms with Crippen molar-refractivity contribution in [1.29, 1.82) is 0 Å². The maximum absolute atomic E-state index is 13.0. The van der Waals surface area contributed by atoms with Crippen molar-refractivity contribution in [3.63, 3.8) is 0 Å². The molecule has 2 bridgehead atoms. The van der Waals surface area contributed by atoms with Crippen LogP contribution in [0, 0.1) is 11.8 Å². The Morgan fingerprint density at radius 2 is 2.15 bits per heavy atom. The minimum absolute atomic E-state index is 0.0187. The second-order valence-corrected chi connectivity index (χ2v) is 7.42. The Morgan fingerprint density at radius 1 is 1.35 bits per heavy atom. The predicted octanol–water partition coefficient (Wildman–Crippen LogP) is 2.35. The first-order valence-corrected chi connectivity index (χ1v) is 9.51. The Kier molecular flexibility index (Phi) is 4.57. The van der Waals surface area contributed by atoms with E-state index in [4.69, 9.17) is 9.47 Å². The molecular formula is C21H25NO4. The van der Waals surface area contributed by atoms with E-state index in [1.165, 1.54) is 5.56 Å². The number of rotatable bonds is 7. The van der Waals surface area contributed by atoms with Crippen molar-refractivity contribution in [3.8, 4) is 0 Å². The van der Waals surface area contributed by atoms with E-state index in [2.05, 4.69) is 19.1 Å². The number of carbonyl (C=O) groups excluding carboxylic acids is 2. The Morgan fingerprint density at radius 3 is 2.92 bits per heavy atom. The quantitative estimate of drug-likeness (QED) is 0.428. The molecule has 1 spiro atoms. The highest BCUT2D eigenvalue weighted by Crippen LogP contribution is 2.52. The molecule has 1 aromatic carbocycles. The number of fused-ring (bicyclic) bond motifs is 1. The number of esters is 1. The van der Waals surface area contributed by atoms with Crippen LogP contribution in [0.2, 0.25) is 0 Å². The summed E-state index contributed by atoms with van der Waals surface area (Å²) in [4.78, 5) is 27.5. The van der Waals surface area contributed by atoms with Crippen LogP contribution in [-0.4, -0.2) is 48.2 Å². The standard InChI is InChI=1S/C21H25NO4/c1-2-3-13-25-20(24)17-16-9-11-21(26-16)14-22(19(23)18(17)21)12-10-15-7-5-4-6-8-15/h4-9,11,16-18H,2-3,10,12-14H2,1H3/t16-,17?,18-,21+/m0/s1. The van der Waals surface area contributed by atoms with Crippen LogP contribution in [0.1, 0.15) is 25.3 Å². The Labute approximate surface area is 154 Å². The van der Waals surface area contributed by atoms with Gasteiger partial charge in [0, 0.05) is 6.54 Å². The van der Waals surface area contributed by atoms with Gasteiger partial charge in [-0.25, -0.2) is 0 Å². The lowest BCUT2D eigenvalue weighted by atomic mass is 9.77. The highest BCUT2D eigenvalue weighted by molar-refractivity contribution is 5.91. The largest absolute Gasteiger partial charge is 0.465 e. The average Bonchev–Trinajstić information content (AvgIpc) is 3.29. The lowest BCUT2D eigenvalue weighted by molar-refractivity contribution is -0.153. The minimum atomic E-state index is -0.646. The molecule has 5 heteroatoms. The fourth-order valence-electron chi connectivity index (χ4n) is 4.36. The van der Waals surface area contributed by atoms with Crippen LogP contribution in [0.3, 0.4) is 0 Å². The molecule has 3 aliphatic rings. The maximum atomic E-state index is 13.0. The van der Waals surface area contributed by atoms with Crippen LogP contribution in [0.4, 0.5) is 0 Å². The zero-order chi connectivity index (χ0) is 18.1. The molecule has 3 heterocycles. The van der Waals surface area contributed by atoms with Gasteiger partial charge in [0.05, 0.1) is 25.2 Å².